The van der Waals surface area contributed by atoms with Gasteiger partial charge in [-0.05, 0) is 41.3 Å². The van der Waals surface area contributed by atoms with E-state index < -0.39 is 5.97 Å². The molecule has 3 aromatic rings. The van der Waals surface area contributed by atoms with Crippen molar-refractivity contribution in [3.05, 3.63) is 95.6 Å². The maximum atomic E-state index is 11.4. The number of aliphatic imine (C=N–C) groups is 1. The second-order valence-corrected chi connectivity index (χ2v) is 8.00. The van der Waals surface area contributed by atoms with Gasteiger partial charge in [0.05, 0.1) is 12.1 Å². The molecular formula is C24H25N3O2S. The molecule has 0 amide bonds. The Hall–Kier alpha value is -3.09. The highest BCUT2D eigenvalue weighted by atomic mass is 32.2. The summed E-state index contributed by atoms with van der Waals surface area (Å²) in [5, 5.41) is 9.40. The highest BCUT2D eigenvalue weighted by molar-refractivity contribution is 7.99. The van der Waals surface area contributed by atoms with Crippen molar-refractivity contribution < 1.29 is 9.90 Å². The van der Waals surface area contributed by atoms with Gasteiger partial charge in [-0.3, -0.25) is 4.79 Å². The van der Waals surface area contributed by atoms with Crippen molar-refractivity contribution in [2.24, 2.45) is 10.8 Å². The van der Waals surface area contributed by atoms with Gasteiger partial charge in [0, 0.05) is 16.6 Å². The van der Waals surface area contributed by atoms with E-state index in [2.05, 4.69) is 28.6 Å². The number of nitrogens with two attached hydrogens (primary N) is 1. The van der Waals surface area contributed by atoms with Crippen LogP contribution in [-0.2, 0) is 11.2 Å². The zero-order valence-corrected chi connectivity index (χ0v) is 17.4. The zero-order chi connectivity index (χ0) is 21.2. The van der Waals surface area contributed by atoms with Crippen LogP contribution in [0.3, 0.4) is 0 Å². The number of thioether (sulfide) groups is 1. The Bertz CT molecular complexity index is 993. The highest BCUT2D eigenvalue weighted by Crippen LogP contribution is 2.29. The van der Waals surface area contributed by atoms with Gasteiger partial charge in [-0.1, -0.05) is 60.7 Å². The van der Waals surface area contributed by atoms with Crippen LogP contribution in [0.5, 0.6) is 0 Å². The Balaban J connectivity index is 1.67. The molecule has 0 saturated heterocycles. The lowest BCUT2D eigenvalue weighted by Crippen LogP contribution is -2.18. The van der Waals surface area contributed by atoms with Crippen LogP contribution in [0.2, 0.25) is 0 Å². The number of hydrazine groups is 1. The summed E-state index contributed by atoms with van der Waals surface area (Å²) in [6, 6.07) is 26.1. The number of rotatable bonds is 10. The van der Waals surface area contributed by atoms with Crippen LogP contribution in [0.15, 0.2) is 88.8 Å². The van der Waals surface area contributed by atoms with Gasteiger partial charge in [-0.2, -0.15) is 0 Å². The number of benzene rings is 3. The first kappa shape index (κ1) is 21.6. The molecule has 5 nitrogen and oxygen atoms in total. The standard InChI is InChI=1S/C24H25N3O2S/c25-27-17-26-21-10-5-11-22(15-21)30-13-12-18-6-4-9-20(14-18)23(16-24(28)29)19-7-2-1-3-8-19/h1-11,14-15,17,23H,12-13,16,25H2,(H,26,27)(H,28,29). The number of hydrogen-bond donors (Lipinski definition) is 3. The van der Waals surface area contributed by atoms with Crippen molar-refractivity contribution in [3.8, 4) is 0 Å². The van der Waals surface area contributed by atoms with Gasteiger partial charge < -0.3 is 10.5 Å². The fraction of sp³-hybridized carbons (Fsp3) is 0.167. The quantitative estimate of drug-likeness (QED) is 0.145. The van der Waals surface area contributed by atoms with E-state index in [1.165, 1.54) is 11.9 Å². The Labute approximate surface area is 181 Å². The monoisotopic (exact) mass is 419 g/mol. The molecule has 154 valence electrons. The first-order chi connectivity index (χ1) is 14.7. The van der Waals surface area contributed by atoms with E-state index in [0.717, 1.165) is 33.9 Å². The van der Waals surface area contributed by atoms with Gasteiger partial charge >= 0.3 is 5.97 Å². The van der Waals surface area contributed by atoms with E-state index in [-0.39, 0.29) is 12.3 Å². The van der Waals surface area contributed by atoms with Crippen LogP contribution in [0.25, 0.3) is 0 Å². The third kappa shape index (κ3) is 6.47. The molecule has 0 fully saturated rings. The van der Waals surface area contributed by atoms with Crippen LogP contribution >= 0.6 is 11.8 Å². The van der Waals surface area contributed by atoms with E-state index in [4.69, 9.17) is 5.84 Å². The summed E-state index contributed by atoms with van der Waals surface area (Å²) in [6.07, 6.45) is 2.42. The molecule has 0 spiro atoms. The largest absolute Gasteiger partial charge is 0.481 e. The zero-order valence-electron chi connectivity index (χ0n) is 16.6. The number of nitrogens with zero attached hydrogens (tertiary/aromatic N) is 1. The van der Waals surface area contributed by atoms with Crippen molar-refractivity contribution in [3.63, 3.8) is 0 Å². The summed E-state index contributed by atoms with van der Waals surface area (Å²) >= 11 is 1.76. The van der Waals surface area contributed by atoms with Gasteiger partial charge in [0.15, 0.2) is 0 Å². The summed E-state index contributed by atoms with van der Waals surface area (Å²) in [6.45, 7) is 0. The number of aryl methyl sites for hydroxylation is 1. The lowest BCUT2D eigenvalue weighted by molar-refractivity contribution is -0.137. The van der Waals surface area contributed by atoms with E-state index in [1.807, 2.05) is 60.7 Å². The van der Waals surface area contributed by atoms with Crippen LogP contribution < -0.4 is 11.3 Å². The minimum absolute atomic E-state index is 0.0766. The molecule has 0 aliphatic heterocycles. The SMILES string of the molecule is NNC=Nc1cccc(SCCc2cccc(C(CC(=O)O)c3ccccc3)c2)c1. The average Bonchev–Trinajstić information content (AvgIpc) is 2.77. The minimum atomic E-state index is -0.794. The molecule has 6 heteroatoms. The topological polar surface area (TPSA) is 87.7 Å². The second-order valence-electron chi connectivity index (χ2n) is 6.83. The van der Waals surface area contributed by atoms with Gasteiger partial charge in [0.1, 0.15) is 6.34 Å². The van der Waals surface area contributed by atoms with Crippen molar-refractivity contribution >= 4 is 29.8 Å². The number of nitrogens with one attached hydrogen (secondary N) is 1. The Morgan fingerprint density at radius 1 is 1.03 bits per heavy atom. The molecule has 0 aromatic heterocycles. The maximum absolute atomic E-state index is 11.4. The summed E-state index contributed by atoms with van der Waals surface area (Å²) in [7, 11) is 0. The van der Waals surface area contributed by atoms with Crippen molar-refractivity contribution in [2.75, 3.05) is 5.75 Å². The van der Waals surface area contributed by atoms with E-state index in [9.17, 15) is 9.90 Å². The smallest absolute Gasteiger partial charge is 0.304 e. The predicted molar refractivity (Wildman–Crippen MR) is 123 cm³/mol. The molecule has 3 aromatic carbocycles. The molecule has 30 heavy (non-hydrogen) atoms. The van der Waals surface area contributed by atoms with Crippen LogP contribution in [-0.4, -0.2) is 23.2 Å². The molecule has 0 aliphatic carbocycles. The molecule has 0 radical (unpaired) electrons. The van der Waals surface area contributed by atoms with Gasteiger partial charge in [0.25, 0.3) is 0 Å². The van der Waals surface area contributed by atoms with Crippen molar-refractivity contribution in [1.29, 1.82) is 0 Å². The van der Waals surface area contributed by atoms with Crippen molar-refractivity contribution in [1.82, 2.24) is 5.43 Å². The number of aliphatic carboxylic acids is 1. The first-order valence-electron chi connectivity index (χ1n) is 9.73. The van der Waals surface area contributed by atoms with Gasteiger partial charge in [0.2, 0.25) is 0 Å². The van der Waals surface area contributed by atoms with Crippen LogP contribution in [0, 0.1) is 0 Å². The molecular weight excluding hydrogens is 394 g/mol. The summed E-state index contributed by atoms with van der Waals surface area (Å²) in [4.78, 5) is 16.8. The lowest BCUT2D eigenvalue weighted by Gasteiger charge is -2.17. The molecule has 3 rings (SSSR count). The van der Waals surface area contributed by atoms with Gasteiger partial charge in [-0.25, -0.2) is 10.8 Å². The summed E-state index contributed by atoms with van der Waals surface area (Å²) in [5.41, 5.74) is 6.51. The number of carbonyl (C=O) groups is 1. The highest BCUT2D eigenvalue weighted by Gasteiger charge is 2.18. The Kier molecular flexibility index (Phi) is 8.06. The third-order valence-corrected chi connectivity index (χ3v) is 5.69. The van der Waals surface area contributed by atoms with E-state index in [0.29, 0.717) is 0 Å². The molecule has 4 N–H and O–H groups in total. The minimum Gasteiger partial charge on any atom is -0.481 e. The van der Waals surface area contributed by atoms with Gasteiger partial charge in [-0.15, -0.1) is 11.8 Å². The molecule has 1 atom stereocenters. The van der Waals surface area contributed by atoms with Crippen LogP contribution in [0.4, 0.5) is 5.69 Å². The van der Waals surface area contributed by atoms with Crippen LogP contribution in [0.1, 0.15) is 29.0 Å². The maximum Gasteiger partial charge on any atom is 0.304 e. The third-order valence-electron chi connectivity index (χ3n) is 4.70. The number of carboxylic acids is 1. The molecule has 1 unspecified atom stereocenters. The average molecular weight is 420 g/mol. The van der Waals surface area contributed by atoms with E-state index in [1.54, 1.807) is 11.8 Å². The Morgan fingerprint density at radius 2 is 1.80 bits per heavy atom. The lowest BCUT2D eigenvalue weighted by atomic mass is 9.87. The molecule has 0 bridgehead atoms. The molecule has 0 aliphatic rings. The Morgan fingerprint density at radius 3 is 2.57 bits per heavy atom. The fourth-order valence-electron chi connectivity index (χ4n) is 3.31. The summed E-state index contributed by atoms with van der Waals surface area (Å²) < 4.78 is 0. The van der Waals surface area contributed by atoms with Crippen molar-refractivity contribution in [2.45, 2.75) is 23.7 Å². The number of carboxylic acid groups (broad SMARTS) is 1. The summed E-state index contributed by atoms with van der Waals surface area (Å²) in [5.74, 6) is 5.19. The van der Waals surface area contributed by atoms with E-state index >= 15 is 0 Å². The normalized spacial score (nSPS) is 12.0. The predicted octanol–water partition coefficient (Wildman–Crippen LogP) is 4.75. The first-order valence-corrected chi connectivity index (χ1v) is 10.7. The molecule has 0 saturated carbocycles. The molecule has 0 heterocycles. The second kappa shape index (κ2) is 11.2. The number of hydrogen-bond acceptors (Lipinski definition) is 4. The fourth-order valence-corrected chi connectivity index (χ4v) is 4.26.